The molecule has 0 bridgehead atoms. The summed E-state index contributed by atoms with van der Waals surface area (Å²) in [5, 5.41) is 2.68. The zero-order valence-electron chi connectivity index (χ0n) is 9.32. The van der Waals surface area contributed by atoms with Gasteiger partial charge in [-0.05, 0) is 38.3 Å². The summed E-state index contributed by atoms with van der Waals surface area (Å²) in [5.41, 5.74) is -0.829. The molecule has 1 amide bonds. The third kappa shape index (κ3) is 2.49. The summed E-state index contributed by atoms with van der Waals surface area (Å²) >= 11 is 2.97. The molecule has 1 aromatic rings. The van der Waals surface area contributed by atoms with Gasteiger partial charge in [0.25, 0.3) is 5.91 Å². The van der Waals surface area contributed by atoms with Crippen molar-refractivity contribution in [3.63, 3.8) is 0 Å². The van der Waals surface area contributed by atoms with Gasteiger partial charge in [-0.1, -0.05) is 15.9 Å². The summed E-state index contributed by atoms with van der Waals surface area (Å²) in [6.07, 6.45) is 2.72. The molecule has 1 N–H and O–H groups in total. The SMILES string of the molecule is CC1(NC(=O)c2c(F)cc(Br)cc2F)CCC1. The van der Waals surface area contributed by atoms with Crippen LogP contribution in [0.4, 0.5) is 8.78 Å². The highest BCUT2D eigenvalue weighted by Gasteiger charge is 2.34. The van der Waals surface area contributed by atoms with E-state index in [9.17, 15) is 13.6 Å². The minimum Gasteiger partial charge on any atom is -0.347 e. The van der Waals surface area contributed by atoms with Gasteiger partial charge in [-0.2, -0.15) is 0 Å². The first-order chi connectivity index (χ1) is 7.91. The normalized spacial score (nSPS) is 17.4. The number of benzene rings is 1. The molecule has 1 saturated carbocycles. The quantitative estimate of drug-likeness (QED) is 0.891. The molecule has 0 aromatic heterocycles. The second-order valence-electron chi connectivity index (χ2n) is 4.61. The van der Waals surface area contributed by atoms with Crippen molar-refractivity contribution in [1.29, 1.82) is 0 Å². The number of hydrogen-bond donors (Lipinski definition) is 1. The number of halogens is 3. The van der Waals surface area contributed by atoms with Crippen molar-refractivity contribution >= 4 is 21.8 Å². The van der Waals surface area contributed by atoms with Crippen molar-refractivity contribution in [1.82, 2.24) is 5.32 Å². The summed E-state index contributed by atoms with van der Waals surface area (Å²) in [5.74, 6) is -2.38. The molecule has 1 aromatic carbocycles. The van der Waals surface area contributed by atoms with Crippen LogP contribution in [0.25, 0.3) is 0 Å². The van der Waals surface area contributed by atoms with Gasteiger partial charge in [0.15, 0.2) is 0 Å². The lowest BCUT2D eigenvalue weighted by Crippen LogP contribution is -2.51. The first-order valence-corrected chi connectivity index (χ1v) is 6.18. The van der Waals surface area contributed by atoms with Crippen LogP contribution in [0.1, 0.15) is 36.5 Å². The maximum Gasteiger partial charge on any atom is 0.257 e. The van der Waals surface area contributed by atoms with Gasteiger partial charge in [-0.25, -0.2) is 8.78 Å². The van der Waals surface area contributed by atoms with Crippen LogP contribution in [0.2, 0.25) is 0 Å². The maximum atomic E-state index is 13.5. The van der Waals surface area contributed by atoms with E-state index in [1.807, 2.05) is 6.92 Å². The first kappa shape index (κ1) is 12.5. The highest BCUT2D eigenvalue weighted by molar-refractivity contribution is 9.10. The van der Waals surface area contributed by atoms with Gasteiger partial charge in [-0.15, -0.1) is 0 Å². The lowest BCUT2D eigenvalue weighted by atomic mass is 9.78. The van der Waals surface area contributed by atoms with Crippen LogP contribution in [0.3, 0.4) is 0 Å². The standard InChI is InChI=1S/C12H12BrF2NO/c1-12(3-2-4-12)16-11(17)10-8(14)5-7(13)6-9(10)15/h5-6H,2-4H2,1H3,(H,16,17). The number of carbonyl (C=O) groups is 1. The van der Waals surface area contributed by atoms with Crippen LogP contribution in [0.5, 0.6) is 0 Å². The summed E-state index contributed by atoms with van der Waals surface area (Å²) < 4.78 is 27.3. The fourth-order valence-electron chi connectivity index (χ4n) is 1.93. The Kier molecular flexibility index (Phi) is 3.21. The molecule has 0 spiro atoms. The Bertz CT molecular complexity index is 449. The van der Waals surface area contributed by atoms with Gasteiger partial charge < -0.3 is 5.32 Å². The fourth-order valence-corrected chi connectivity index (χ4v) is 2.33. The maximum absolute atomic E-state index is 13.5. The molecule has 1 fully saturated rings. The summed E-state index contributed by atoms with van der Waals surface area (Å²) in [6, 6.07) is 2.17. The molecule has 0 atom stereocenters. The predicted octanol–water partition coefficient (Wildman–Crippen LogP) is 3.40. The number of rotatable bonds is 2. The molecule has 0 aliphatic heterocycles. The van der Waals surface area contributed by atoms with E-state index < -0.39 is 23.1 Å². The average Bonchev–Trinajstić information content (AvgIpc) is 2.13. The summed E-state index contributed by atoms with van der Waals surface area (Å²) in [6.45, 7) is 1.88. The van der Waals surface area contributed by atoms with E-state index >= 15 is 0 Å². The highest BCUT2D eigenvalue weighted by Crippen LogP contribution is 2.31. The minimum absolute atomic E-state index is 0.277. The number of amides is 1. The van der Waals surface area contributed by atoms with E-state index in [2.05, 4.69) is 21.2 Å². The molecule has 2 rings (SSSR count). The third-order valence-electron chi connectivity index (χ3n) is 3.11. The molecule has 92 valence electrons. The molecule has 0 radical (unpaired) electrons. The van der Waals surface area contributed by atoms with Gasteiger partial charge in [0, 0.05) is 10.0 Å². The molecule has 0 heterocycles. The van der Waals surface area contributed by atoms with Crippen LogP contribution in [0, 0.1) is 11.6 Å². The zero-order valence-corrected chi connectivity index (χ0v) is 10.9. The molecular weight excluding hydrogens is 292 g/mol. The fraction of sp³-hybridized carbons (Fsp3) is 0.417. The van der Waals surface area contributed by atoms with Crippen molar-refractivity contribution in [3.8, 4) is 0 Å². The van der Waals surface area contributed by atoms with Gasteiger partial charge in [0.05, 0.1) is 0 Å². The lowest BCUT2D eigenvalue weighted by Gasteiger charge is -2.39. The van der Waals surface area contributed by atoms with E-state index in [0.717, 1.165) is 31.4 Å². The Hall–Kier alpha value is -0.970. The van der Waals surface area contributed by atoms with Crippen LogP contribution in [-0.4, -0.2) is 11.4 Å². The van der Waals surface area contributed by atoms with E-state index in [0.29, 0.717) is 0 Å². The van der Waals surface area contributed by atoms with Crippen molar-refractivity contribution < 1.29 is 13.6 Å². The van der Waals surface area contributed by atoms with E-state index in [1.165, 1.54) is 0 Å². The van der Waals surface area contributed by atoms with Gasteiger partial charge in [-0.3, -0.25) is 4.79 Å². The van der Waals surface area contributed by atoms with Gasteiger partial charge >= 0.3 is 0 Å². The smallest absolute Gasteiger partial charge is 0.257 e. The first-order valence-electron chi connectivity index (χ1n) is 5.38. The number of carbonyl (C=O) groups excluding carboxylic acids is 1. The van der Waals surface area contributed by atoms with Crippen LogP contribution in [0.15, 0.2) is 16.6 Å². The number of hydrogen-bond acceptors (Lipinski definition) is 1. The molecule has 1 aliphatic rings. The average molecular weight is 304 g/mol. The number of nitrogens with one attached hydrogen (secondary N) is 1. The Morgan fingerprint density at radius 2 is 1.88 bits per heavy atom. The molecule has 5 heteroatoms. The minimum atomic E-state index is -0.850. The Morgan fingerprint density at radius 3 is 2.29 bits per heavy atom. The summed E-state index contributed by atoms with van der Waals surface area (Å²) in [4.78, 5) is 11.8. The molecule has 0 saturated heterocycles. The predicted molar refractivity (Wildman–Crippen MR) is 63.8 cm³/mol. The third-order valence-corrected chi connectivity index (χ3v) is 3.56. The Balaban J connectivity index is 2.25. The molecule has 0 unspecified atom stereocenters. The topological polar surface area (TPSA) is 29.1 Å². The highest BCUT2D eigenvalue weighted by atomic mass is 79.9. The van der Waals surface area contributed by atoms with Gasteiger partial charge in [0.1, 0.15) is 17.2 Å². The molecule has 1 aliphatic carbocycles. The largest absolute Gasteiger partial charge is 0.347 e. The Morgan fingerprint density at radius 1 is 1.35 bits per heavy atom. The van der Waals surface area contributed by atoms with Crippen LogP contribution >= 0.6 is 15.9 Å². The van der Waals surface area contributed by atoms with E-state index in [1.54, 1.807) is 0 Å². The van der Waals surface area contributed by atoms with E-state index in [4.69, 9.17) is 0 Å². The molecular formula is C12H12BrF2NO. The van der Waals surface area contributed by atoms with Crippen molar-refractivity contribution in [2.45, 2.75) is 31.7 Å². The van der Waals surface area contributed by atoms with Gasteiger partial charge in [0.2, 0.25) is 0 Å². The molecule has 2 nitrogen and oxygen atoms in total. The van der Waals surface area contributed by atoms with E-state index in [-0.39, 0.29) is 10.0 Å². The van der Waals surface area contributed by atoms with Crippen molar-refractivity contribution in [3.05, 3.63) is 33.8 Å². The van der Waals surface area contributed by atoms with Crippen LogP contribution < -0.4 is 5.32 Å². The second-order valence-corrected chi connectivity index (χ2v) is 5.53. The monoisotopic (exact) mass is 303 g/mol. The summed E-state index contributed by atoms with van der Waals surface area (Å²) in [7, 11) is 0. The Labute approximate surface area is 107 Å². The van der Waals surface area contributed by atoms with Crippen LogP contribution in [-0.2, 0) is 0 Å². The zero-order chi connectivity index (χ0) is 12.6. The van der Waals surface area contributed by atoms with Crippen molar-refractivity contribution in [2.75, 3.05) is 0 Å². The molecule has 17 heavy (non-hydrogen) atoms. The van der Waals surface area contributed by atoms with Crippen molar-refractivity contribution in [2.24, 2.45) is 0 Å². The second kappa shape index (κ2) is 4.37. The lowest BCUT2D eigenvalue weighted by molar-refractivity contribution is 0.0841.